The van der Waals surface area contributed by atoms with Gasteiger partial charge in [0.2, 0.25) is 0 Å². The molecule has 3 rings (SSSR count). The van der Waals surface area contributed by atoms with Crippen LogP contribution >= 0.6 is 0 Å². The highest BCUT2D eigenvalue weighted by atomic mass is 14.6. The van der Waals surface area contributed by atoms with Gasteiger partial charge in [0.05, 0.1) is 0 Å². The van der Waals surface area contributed by atoms with E-state index in [1.807, 2.05) is 13.0 Å². The second-order valence-electron chi connectivity index (χ2n) is 7.36. The summed E-state index contributed by atoms with van der Waals surface area (Å²) in [5.41, 5.74) is 20.7. The van der Waals surface area contributed by atoms with Crippen LogP contribution < -0.4 is 11.5 Å². The molecule has 0 heterocycles. The molecule has 0 aliphatic carbocycles. The fourth-order valence-corrected chi connectivity index (χ4v) is 3.26. The Hall–Kier alpha value is -2.74. The van der Waals surface area contributed by atoms with Crippen molar-refractivity contribution >= 4 is 11.4 Å². The molecule has 0 amide bonds. The molecule has 3 aromatic rings. The lowest BCUT2D eigenvalue weighted by Gasteiger charge is -2.28. The summed E-state index contributed by atoms with van der Waals surface area (Å²) in [6, 6.07) is 21.3. The lowest BCUT2D eigenvalue weighted by Crippen LogP contribution is -2.21. The first-order valence-corrected chi connectivity index (χ1v) is 8.62. The molecule has 0 radical (unpaired) electrons. The van der Waals surface area contributed by atoms with Gasteiger partial charge in [0, 0.05) is 16.8 Å². The van der Waals surface area contributed by atoms with Gasteiger partial charge in [0.1, 0.15) is 0 Å². The standard InChI is InChI=1S/C23H26N2/c1-15-5-7-17(8-6-15)18-9-11-19(12-10-18)23(3,4)20-13-16(2)21(24)14-22(20)25/h5-14H,24-25H2,1-4H3. The topological polar surface area (TPSA) is 52.0 Å². The quantitative estimate of drug-likeness (QED) is 0.626. The molecule has 0 atom stereocenters. The number of rotatable bonds is 3. The van der Waals surface area contributed by atoms with Crippen molar-refractivity contribution in [2.24, 2.45) is 0 Å². The maximum absolute atomic E-state index is 6.27. The highest BCUT2D eigenvalue weighted by molar-refractivity contribution is 5.67. The van der Waals surface area contributed by atoms with Crippen LogP contribution in [0.1, 0.15) is 36.1 Å². The van der Waals surface area contributed by atoms with E-state index in [4.69, 9.17) is 11.5 Å². The van der Waals surface area contributed by atoms with E-state index in [1.54, 1.807) is 0 Å². The number of nitrogen functional groups attached to an aromatic ring is 2. The van der Waals surface area contributed by atoms with Crippen LogP contribution in [0.3, 0.4) is 0 Å². The van der Waals surface area contributed by atoms with Gasteiger partial charge in [0.15, 0.2) is 0 Å². The van der Waals surface area contributed by atoms with Crippen LogP contribution in [0.4, 0.5) is 11.4 Å². The summed E-state index contributed by atoms with van der Waals surface area (Å²) in [6.07, 6.45) is 0. The maximum atomic E-state index is 6.27. The van der Waals surface area contributed by atoms with Gasteiger partial charge in [-0.25, -0.2) is 0 Å². The molecule has 0 unspecified atom stereocenters. The molecule has 0 fully saturated rings. The lowest BCUT2D eigenvalue weighted by molar-refractivity contribution is 0.643. The first-order chi connectivity index (χ1) is 11.8. The van der Waals surface area contributed by atoms with Crippen molar-refractivity contribution in [3.63, 3.8) is 0 Å². The Labute approximate surface area is 150 Å². The van der Waals surface area contributed by atoms with Gasteiger partial charge in [-0.05, 0) is 47.7 Å². The Morgan fingerprint density at radius 2 is 1.20 bits per heavy atom. The van der Waals surface area contributed by atoms with E-state index < -0.39 is 0 Å². The minimum atomic E-state index is -0.186. The summed E-state index contributed by atoms with van der Waals surface area (Å²) >= 11 is 0. The third-order valence-electron chi connectivity index (χ3n) is 5.10. The van der Waals surface area contributed by atoms with Gasteiger partial charge in [-0.2, -0.15) is 0 Å². The van der Waals surface area contributed by atoms with Crippen molar-refractivity contribution in [3.8, 4) is 11.1 Å². The third-order valence-corrected chi connectivity index (χ3v) is 5.10. The first kappa shape index (κ1) is 17.1. The van der Waals surface area contributed by atoms with Crippen LogP contribution in [-0.2, 0) is 5.41 Å². The van der Waals surface area contributed by atoms with Crippen molar-refractivity contribution in [3.05, 3.63) is 82.9 Å². The monoisotopic (exact) mass is 330 g/mol. The molecular formula is C23H26N2. The highest BCUT2D eigenvalue weighted by Crippen LogP contribution is 2.37. The summed E-state index contributed by atoms with van der Waals surface area (Å²) in [4.78, 5) is 0. The van der Waals surface area contributed by atoms with E-state index in [0.717, 1.165) is 22.5 Å². The second kappa shape index (κ2) is 6.29. The molecule has 25 heavy (non-hydrogen) atoms. The first-order valence-electron chi connectivity index (χ1n) is 8.62. The molecular weight excluding hydrogens is 304 g/mol. The van der Waals surface area contributed by atoms with Gasteiger partial charge < -0.3 is 11.5 Å². The van der Waals surface area contributed by atoms with E-state index in [0.29, 0.717) is 0 Å². The predicted molar refractivity (Wildman–Crippen MR) is 109 cm³/mol. The van der Waals surface area contributed by atoms with Crippen molar-refractivity contribution in [1.29, 1.82) is 0 Å². The van der Waals surface area contributed by atoms with Crippen molar-refractivity contribution in [2.75, 3.05) is 11.5 Å². The van der Waals surface area contributed by atoms with Crippen LogP contribution in [0.2, 0.25) is 0 Å². The van der Waals surface area contributed by atoms with Crippen LogP contribution in [-0.4, -0.2) is 0 Å². The molecule has 0 aliphatic heterocycles. The SMILES string of the molecule is Cc1ccc(-c2ccc(C(C)(C)c3cc(C)c(N)cc3N)cc2)cc1. The number of anilines is 2. The van der Waals surface area contributed by atoms with Crippen LogP contribution in [0, 0.1) is 13.8 Å². The minimum absolute atomic E-state index is 0.186. The summed E-state index contributed by atoms with van der Waals surface area (Å²) in [5, 5.41) is 0. The van der Waals surface area contributed by atoms with E-state index in [2.05, 4.69) is 75.4 Å². The molecule has 2 nitrogen and oxygen atoms in total. The van der Waals surface area contributed by atoms with Gasteiger partial charge >= 0.3 is 0 Å². The Morgan fingerprint density at radius 3 is 1.76 bits per heavy atom. The average molecular weight is 330 g/mol. The van der Waals surface area contributed by atoms with Crippen LogP contribution in [0.15, 0.2) is 60.7 Å². The molecule has 0 saturated heterocycles. The van der Waals surface area contributed by atoms with Crippen molar-refractivity contribution in [1.82, 2.24) is 0 Å². The van der Waals surface area contributed by atoms with E-state index in [-0.39, 0.29) is 5.41 Å². The fraction of sp³-hybridized carbons (Fsp3) is 0.217. The van der Waals surface area contributed by atoms with Crippen LogP contribution in [0.5, 0.6) is 0 Å². The third kappa shape index (κ3) is 3.25. The van der Waals surface area contributed by atoms with Crippen molar-refractivity contribution < 1.29 is 0 Å². The van der Waals surface area contributed by atoms with Crippen molar-refractivity contribution in [2.45, 2.75) is 33.1 Å². The molecule has 0 bridgehead atoms. The number of hydrogen-bond donors (Lipinski definition) is 2. The Bertz CT molecular complexity index is 889. The molecule has 128 valence electrons. The smallest absolute Gasteiger partial charge is 0.0376 e. The van der Waals surface area contributed by atoms with E-state index in [1.165, 1.54) is 22.3 Å². The minimum Gasteiger partial charge on any atom is -0.398 e. The summed E-state index contributed by atoms with van der Waals surface area (Å²) in [5.74, 6) is 0. The molecule has 4 N–H and O–H groups in total. The van der Waals surface area contributed by atoms with Gasteiger partial charge in [0.25, 0.3) is 0 Å². The molecule has 0 spiro atoms. The van der Waals surface area contributed by atoms with Gasteiger partial charge in [-0.1, -0.05) is 74.0 Å². The van der Waals surface area contributed by atoms with Gasteiger partial charge in [-0.3, -0.25) is 0 Å². The van der Waals surface area contributed by atoms with E-state index >= 15 is 0 Å². The average Bonchev–Trinajstić information content (AvgIpc) is 2.59. The van der Waals surface area contributed by atoms with Gasteiger partial charge in [-0.15, -0.1) is 0 Å². The Morgan fingerprint density at radius 1 is 0.680 bits per heavy atom. The molecule has 0 aromatic heterocycles. The largest absolute Gasteiger partial charge is 0.398 e. The number of nitrogens with two attached hydrogens (primary N) is 2. The zero-order valence-corrected chi connectivity index (χ0v) is 15.4. The Kier molecular flexibility index (Phi) is 4.30. The molecule has 0 saturated carbocycles. The van der Waals surface area contributed by atoms with E-state index in [9.17, 15) is 0 Å². The molecule has 2 heteroatoms. The normalized spacial score (nSPS) is 11.5. The number of hydrogen-bond acceptors (Lipinski definition) is 2. The van der Waals surface area contributed by atoms with Crippen LogP contribution in [0.25, 0.3) is 11.1 Å². The lowest BCUT2D eigenvalue weighted by atomic mass is 9.76. The number of benzene rings is 3. The fourth-order valence-electron chi connectivity index (χ4n) is 3.26. The zero-order valence-electron chi connectivity index (χ0n) is 15.4. The summed E-state index contributed by atoms with van der Waals surface area (Å²) in [6.45, 7) is 8.54. The predicted octanol–water partition coefficient (Wildman–Crippen LogP) is 5.46. The molecule has 0 aliphatic rings. The summed E-state index contributed by atoms with van der Waals surface area (Å²) < 4.78 is 0. The zero-order chi connectivity index (χ0) is 18.2. The summed E-state index contributed by atoms with van der Waals surface area (Å²) in [7, 11) is 0. The molecule has 3 aromatic carbocycles. The number of aryl methyl sites for hydroxylation is 2. The maximum Gasteiger partial charge on any atom is 0.0376 e. The second-order valence-corrected chi connectivity index (χ2v) is 7.36. The Balaban J connectivity index is 1.98. The highest BCUT2D eigenvalue weighted by Gasteiger charge is 2.26.